The van der Waals surface area contributed by atoms with Crippen molar-refractivity contribution in [1.82, 2.24) is 9.88 Å². The van der Waals surface area contributed by atoms with Crippen molar-refractivity contribution in [2.75, 3.05) is 7.05 Å². The van der Waals surface area contributed by atoms with Crippen LogP contribution in [0.4, 0.5) is 0 Å². The van der Waals surface area contributed by atoms with Gasteiger partial charge in [0.2, 0.25) is 5.91 Å². The lowest BCUT2D eigenvalue weighted by molar-refractivity contribution is -0.130. The molecule has 1 aromatic carbocycles. The van der Waals surface area contributed by atoms with Crippen molar-refractivity contribution in [3.05, 3.63) is 63.9 Å². The number of aromatic nitrogens is 1. The van der Waals surface area contributed by atoms with E-state index in [1.807, 2.05) is 19.1 Å². The lowest BCUT2D eigenvalue weighted by Crippen LogP contribution is -2.52. The molecule has 1 aliphatic carbocycles. The van der Waals surface area contributed by atoms with Crippen LogP contribution in [0, 0.1) is 0 Å². The number of nitrogens with two attached hydrogens (primary N) is 1. The standard InChI is InChI=1S/C20H21BrN4O/c1-20(15-9-10-23-16(21)11-15)17(18(26)25(2)19(22)24-20)14-7-5-13(6-8-14)12-3-4-12/h5-12,17H,3-4H2,1-2H3,(H2,22,24)/t17-,20-/m1/s1. The van der Waals surface area contributed by atoms with Gasteiger partial charge in [-0.1, -0.05) is 24.3 Å². The third kappa shape index (κ3) is 2.82. The van der Waals surface area contributed by atoms with Crippen molar-refractivity contribution in [3.8, 4) is 0 Å². The summed E-state index contributed by atoms with van der Waals surface area (Å²) >= 11 is 3.42. The van der Waals surface area contributed by atoms with E-state index in [2.05, 4.69) is 45.2 Å². The molecule has 4 rings (SSSR count). The van der Waals surface area contributed by atoms with E-state index < -0.39 is 11.5 Å². The zero-order valence-electron chi connectivity index (χ0n) is 14.8. The fourth-order valence-corrected chi connectivity index (χ4v) is 4.08. The maximum Gasteiger partial charge on any atom is 0.239 e. The molecule has 0 unspecified atom stereocenters. The lowest BCUT2D eigenvalue weighted by Gasteiger charge is -2.40. The number of halogens is 1. The third-order valence-electron chi connectivity index (χ3n) is 5.46. The largest absolute Gasteiger partial charge is 0.369 e. The minimum absolute atomic E-state index is 0.0490. The van der Waals surface area contributed by atoms with Gasteiger partial charge < -0.3 is 5.73 Å². The summed E-state index contributed by atoms with van der Waals surface area (Å²) in [6.45, 7) is 1.96. The molecule has 26 heavy (non-hydrogen) atoms. The van der Waals surface area contributed by atoms with Gasteiger partial charge in [0.25, 0.3) is 0 Å². The van der Waals surface area contributed by atoms with Crippen LogP contribution in [0.1, 0.15) is 48.3 Å². The Morgan fingerprint density at radius 1 is 1.19 bits per heavy atom. The van der Waals surface area contributed by atoms with Crippen molar-refractivity contribution in [3.63, 3.8) is 0 Å². The van der Waals surface area contributed by atoms with Crippen LogP contribution in [0.5, 0.6) is 0 Å². The van der Waals surface area contributed by atoms with Crippen molar-refractivity contribution < 1.29 is 4.79 Å². The Balaban J connectivity index is 1.84. The van der Waals surface area contributed by atoms with Crippen LogP contribution in [0.3, 0.4) is 0 Å². The summed E-state index contributed by atoms with van der Waals surface area (Å²) in [6.07, 6.45) is 4.23. The summed E-state index contributed by atoms with van der Waals surface area (Å²) in [6, 6.07) is 12.2. The molecular formula is C20H21BrN4O. The number of rotatable bonds is 3. The molecule has 5 nitrogen and oxygen atoms in total. The second-order valence-corrected chi connectivity index (χ2v) is 8.07. The highest BCUT2D eigenvalue weighted by Gasteiger charge is 2.47. The smallest absolute Gasteiger partial charge is 0.239 e. The van der Waals surface area contributed by atoms with Gasteiger partial charge in [-0.25, -0.2) is 9.98 Å². The first kappa shape index (κ1) is 17.2. The molecule has 2 heterocycles. The number of hydrogen-bond acceptors (Lipinski definition) is 4. The van der Waals surface area contributed by atoms with Crippen LogP contribution in [-0.4, -0.2) is 28.8 Å². The molecule has 1 aliphatic heterocycles. The number of amides is 1. The Morgan fingerprint density at radius 2 is 1.85 bits per heavy atom. The summed E-state index contributed by atoms with van der Waals surface area (Å²) in [7, 11) is 1.68. The van der Waals surface area contributed by atoms with Crippen molar-refractivity contribution in [2.45, 2.75) is 37.1 Å². The number of aliphatic imine (C=N–C) groups is 1. The predicted molar refractivity (Wildman–Crippen MR) is 105 cm³/mol. The first-order chi connectivity index (χ1) is 12.4. The molecule has 2 aromatic rings. The van der Waals surface area contributed by atoms with Crippen LogP contribution in [0.25, 0.3) is 0 Å². The van der Waals surface area contributed by atoms with Crippen LogP contribution >= 0.6 is 15.9 Å². The van der Waals surface area contributed by atoms with Crippen LogP contribution in [-0.2, 0) is 10.3 Å². The Hall–Kier alpha value is -2.21. The third-order valence-corrected chi connectivity index (χ3v) is 5.89. The molecule has 1 saturated carbocycles. The maximum atomic E-state index is 13.2. The second kappa shape index (κ2) is 6.20. The minimum atomic E-state index is -0.791. The van der Waals surface area contributed by atoms with Gasteiger partial charge in [-0.15, -0.1) is 0 Å². The van der Waals surface area contributed by atoms with Crippen molar-refractivity contribution >= 4 is 27.8 Å². The summed E-state index contributed by atoms with van der Waals surface area (Å²) in [5.41, 5.74) is 8.48. The molecule has 1 amide bonds. The Labute approximate surface area is 161 Å². The molecule has 0 bridgehead atoms. The molecule has 134 valence electrons. The van der Waals surface area contributed by atoms with E-state index in [1.54, 1.807) is 13.2 Å². The summed E-state index contributed by atoms with van der Waals surface area (Å²) in [5.74, 6) is 0.427. The summed E-state index contributed by atoms with van der Waals surface area (Å²) in [5, 5.41) is 0. The number of hydrogen-bond donors (Lipinski definition) is 1. The average Bonchev–Trinajstić information content (AvgIpc) is 3.46. The molecular weight excluding hydrogens is 392 g/mol. The maximum absolute atomic E-state index is 13.2. The van der Waals surface area contributed by atoms with E-state index in [0.717, 1.165) is 11.1 Å². The highest BCUT2D eigenvalue weighted by Crippen LogP contribution is 2.45. The SMILES string of the molecule is CN1C(=O)[C@@H](c2ccc(C3CC3)cc2)[C@@](C)(c2ccnc(Br)c2)N=C1N. The van der Waals surface area contributed by atoms with Crippen molar-refractivity contribution in [1.29, 1.82) is 0 Å². The Bertz CT molecular complexity index is 891. The zero-order chi connectivity index (χ0) is 18.5. The highest BCUT2D eigenvalue weighted by molar-refractivity contribution is 9.10. The molecule has 6 heteroatoms. The number of carbonyl (C=O) groups excluding carboxylic acids is 1. The van der Waals surface area contributed by atoms with Gasteiger partial charge in [-0.2, -0.15) is 0 Å². The first-order valence-electron chi connectivity index (χ1n) is 8.75. The molecule has 2 atom stereocenters. The van der Waals surface area contributed by atoms with E-state index in [9.17, 15) is 4.79 Å². The molecule has 0 radical (unpaired) electrons. The van der Waals surface area contributed by atoms with Gasteiger partial charge in [0, 0.05) is 13.2 Å². The number of pyridine rings is 1. The normalized spacial score (nSPS) is 26.0. The van der Waals surface area contributed by atoms with E-state index >= 15 is 0 Å². The average molecular weight is 413 g/mol. The predicted octanol–water partition coefficient (Wildman–Crippen LogP) is 3.51. The monoisotopic (exact) mass is 412 g/mol. The van der Waals surface area contributed by atoms with Crippen LogP contribution < -0.4 is 5.73 Å². The highest BCUT2D eigenvalue weighted by atomic mass is 79.9. The first-order valence-corrected chi connectivity index (χ1v) is 9.54. The number of carbonyl (C=O) groups is 1. The van der Waals surface area contributed by atoms with E-state index in [4.69, 9.17) is 10.7 Å². The van der Waals surface area contributed by atoms with Crippen molar-refractivity contribution in [2.24, 2.45) is 10.7 Å². The van der Waals surface area contributed by atoms with Gasteiger partial charge in [0.05, 0.1) is 5.92 Å². The molecule has 0 saturated heterocycles. The topological polar surface area (TPSA) is 71.6 Å². The number of nitrogens with zero attached hydrogens (tertiary/aromatic N) is 3. The van der Waals surface area contributed by atoms with Gasteiger partial charge in [-0.3, -0.25) is 9.69 Å². The quantitative estimate of drug-likeness (QED) is 0.783. The van der Waals surface area contributed by atoms with Crippen LogP contribution in [0.2, 0.25) is 0 Å². The van der Waals surface area contributed by atoms with Gasteiger partial charge in [-0.05, 0) is 70.4 Å². The molecule has 2 N–H and O–H groups in total. The Morgan fingerprint density at radius 3 is 2.46 bits per heavy atom. The zero-order valence-corrected chi connectivity index (χ0v) is 16.4. The summed E-state index contributed by atoms with van der Waals surface area (Å²) < 4.78 is 0.708. The van der Waals surface area contributed by atoms with E-state index in [0.29, 0.717) is 10.5 Å². The minimum Gasteiger partial charge on any atom is -0.369 e. The fraction of sp³-hybridized carbons (Fsp3) is 0.350. The number of likely N-dealkylation sites (N-methyl/N-ethyl adjacent to an activating group) is 1. The molecule has 1 aromatic heterocycles. The molecule has 0 spiro atoms. The molecule has 1 fully saturated rings. The van der Waals surface area contributed by atoms with E-state index in [-0.39, 0.29) is 11.9 Å². The Kier molecular flexibility index (Phi) is 4.10. The lowest BCUT2D eigenvalue weighted by atomic mass is 9.74. The number of benzene rings is 1. The summed E-state index contributed by atoms with van der Waals surface area (Å²) in [4.78, 5) is 23.6. The van der Waals surface area contributed by atoms with E-state index in [1.165, 1.54) is 23.3 Å². The number of guanidine groups is 1. The van der Waals surface area contributed by atoms with Gasteiger partial charge >= 0.3 is 0 Å². The van der Waals surface area contributed by atoms with Crippen LogP contribution in [0.15, 0.2) is 52.2 Å². The fourth-order valence-electron chi connectivity index (χ4n) is 3.72. The van der Waals surface area contributed by atoms with Gasteiger partial charge in [0.15, 0.2) is 5.96 Å². The molecule has 2 aliphatic rings. The second-order valence-electron chi connectivity index (χ2n) is 7.26. The van der Waals surface area contributed by atoms with Gasteiger partial charge in [0.1, 0.15) is 10.1 Å².